The van der Waals surface area contributed by atoms with Crippen molar-refractivity contribution in [1.82, 2.24) is 15.4 Å². The van der Waals surface area contributed by atoms with E-state index in [0.29, 0.717) is 18.3 Å². The van der Waals surface area contributed by atoms with E-state index in [1.165, 1.54) is 0 Å². The molecule has 1 fully saturated rings. The van der Waals surface area contributed by atoms with Gasteiger partial charge in [0.1, 0.15) is 5.76 Å². The molecular formula is C11H15N3O2. The number of carbonyl (C=O) groups is 1. The molecule has 1 amide bonds. The monoisotopic (exact) mass is 221 g/mol. The van der Waals surface area contributed by atoms with Crippen LogP contribution in [-0.4, -0.2) is 35.6 Å². The molecule has 0 bridgehead atoms. The van der Waals surface area contributed by atoms with Crippen molar-refractivity contribution in [2.24, 2.45) is 0 Å². The van der Waals surface area contributed by atoms with E-state index in [2.05, 4.69) is 10.5 Å². The van der Waals surface area contributed by atoms with Crippen LogP contribution in [0.4, 0.5) is 0 Å². The second-order valence-electron chi connectivity index (χ2n) is 4.51. The number of carbonyl (C=O) groups excluding carboxylic acids is 1. The van der Waals surface area contributed by atoms with Crippen molar-refractivity contribution < 1.29 is 9.32 Å². The Morgan fingerprint density at radius 1 is 1.56 bits per heavy atom. The lowest BCUT2D eigenvalue weighted by atomic mass is 10.1. The number of aromatic nitrogens is 1. The zero-order valence-electron chi connectivity index (χ0n) is 9.32. The zero-order valence-corrected chi connectivity index (χ0v) is 9.32. The molecule has 1 N–H and O–H groups in total. The van der Waals surface area contributed by atoms with E-state index in [1.54, 1.807) is 4.90 Å². The van der Waals surface area contributed by atoms with E-state index in [9.17, 15) is 4.79 Å². The maximum atomic E-state index is 12.1. The molecule has 1 aliphatic carbocycles. The molecule has 3 rings (SSSR count). The average molecular weight is 221 g/mol. The van der Waals surface area contributed by atoms with Gasteiger partial charge in [-0.2, -0.15) is 0 Å². The van der Waals surface area contributed by atoms with Gasteiger partial charge in [-0.15, -0.1) is 0 Å². The summed E-state index contributed by atoms with van der Waals surface area (Å²) in [7, 11) is 1.84. The van der Waals surface area contributed by atoms with Gasteiger partial charge in [0, 0.05) is 38.2 Å². The van der Waals surface area contributed by atoms with Crippen LogP contribution >= 0.6 is 0 Å². The van der Waals surface area contributed by atoms with E-state index in [1.807, 2.05) is 7.05 Å². The minimum Gasteiger partial charge on any atom is -0.360 e. The maximum Gasteiger partial charge on any atom is 0.276 e. The fourth-order valence-electron chi connectivity index (χ4n) is 2.10. The second kappa shape index (κ2) is 3.59. The summed E-state index contributed by atoms with van der Waals surface area (Å²) >= 11 is 0. The highest BCUT2D eigenvalue weighted by Gasteiger charge is 2.33. The lowest BCUT2D eigenvalue weighted by Gasteiger charge is -2.16. The molecule has 0 saturated heterocycles. The van der Waals surface area contributed by atoms with Crippen LogP contribution in [0.3, 0.4) is 0 Å². The van der Waals surface area contributed by atoms with Crippen molar-refractivity contribution >= 4 is 5.91 Å². The summed E-state index contributed by atoms with van der Waals surface area (Å²) < 4.78 is 5.22. The second-order valence-corrected chi connectivity index (χ2v) is 4.51. The SMILES string of the molecule is CN(C(=O)c1noc2c1CNCC2)C1CC1. The molecule has 0 radical (unpaired) electrons. The average Bonchev–Trinajstić information content (AvgIpc) is 3.07. The molecule has 0 unspecified atom stereocenters. The van der Waals surface area contributed by atoms with E-state index >= 15 is 0 Å². The fourth-order valence-corrected chi connectivity index (χ4v) is 2.10. The highest BCUT2D eigenvalue weighted by atomic mass is 16.5. The van der Waals surface area contributed by atoms with Crippen molar-refractivity contribution in [3.63, 3.8) is 0 Å². The van der Waals surface area contributed by atoms with Crippen LogP contribution in [0.5, 0.6) is 0 Å². The summed E-state index contributed by atoms with van der Waals surface area (Å²) in [6.45, 7) is 1.59. The summed E-state index contributed by atoms with van der Waals surface area (Å²) in [6, 6.07) is 0.413. The zero-order chi connectivity index (χ0) is 11.1. The lowest BCUT2D eigenvalue weighted by Crippen LogP contribution is -2.31. The summed E-state index contributed by atoms with van der Waals surface area (Å²) in [5.41, 5.74) is 1.44. The first-order chi connectivity index (χ1) is 7.77. The summed E-state index contributed by atoms with van der Waals surface area (Å²) in [4.78, 5) is 13.9. The number of amides is 1. The van der Waals surface area contributed by atoms with Gasteiger partial charge in [-0.3, -0.25) is 4.79 Å². The number of hydrogen-bond donors (Lipinski definition) is 1. The fraction of sp³-hybridized carbons (Fsp3) is 0.636. The van der Waals surface area contributed by atoms with Gasteiger partial charge in [-0.05, 0) is 12.8 Å². The van der Waals surface area contributed by atoms with Gasteiger partial charge in [0.15, 0.2) is 5.69 Å². The van der Waals surface area contributed by atoms with Gasteiger partial charge in [0.25, 0.3) is 5.91 Å². The first-order valence-electron chi connectivity index (χ1n) is 5.72. The van der Waals surface area contributed by atoms with Crippen molar-refractivity contribution in [1.29, 1.82) is 0 Å². The van der Waals surface area contributed by atoms with E-state index in [-0.39, 0.29) is 5.91 Å². The van der Waals surface area contributed by atoms with Crippen LogP contribution in [0.15, 0.2) is 4.52 Å². The molecule has 5 nitrogen and oxygen atoms in total. The number of nitrogens with zero attached hydrogens (tertiary/aromatic N) is 2. The Morgan fingerprint density at radius 3 is 3.12 bits per heavy atom. The van der Waals surface area contributed by atoms with E-state index < -0.39 is 0 Å². The number of nitrogens with one attached hydrogen (secondary N) is 1. The van der Waals surface area contributed by atoms with Crippen molar-refractivity contribution in [2.45, 2.75) is 31.8 Å². The lowest BCUT2D eigenvalue weighted by molar-refractivity contribution is 0.0773. The van der Waals surface area contributed by atoms with Gasteiger partial charge in [-0.1, -0.05) is 5.16 Å². The van der Waals surface area contributed by atoms with Gasteiger partial charge < -0.3 is 14.7 Å². The Balaban J connectivity index is 1.87. The number of fused-ring (bicyclic) bond motifs is 1. The van der Waals surface area contributed by atoms with Crippen LogP contribution in [0.25, 0.3) is 0 Å². The molecule has 2 heterocycles. The quantitative estimate of drug-likeness (QED) is 0.792. The van der Waals surface area contributed by atoms with Gasteiger partial charge in [0.2, 0.25) is 0 Å². The van der Waals surface area contributed by atoms with Crippen LogP contribution < -0.4 is 5.32 Å². The van der Waals surface area contributed by atoms with Crippen LogP contribution in [-0.2, 0) is 13.0 Å². The predicted octanol–water partition coefficient (Wildman–Crippen LogP) is 0.555. The molecule has 0 spiro atoms. The Labute approximate surface area is 93.8 Å². The minimum atomic E-state index is -0.00352. The van der Waals surface area contributed by atoms with Gasteiger partial charge in [-0.25, -0.2) is 0 Å². The summed E-state index contributed by atoms with van der Waals surface area (Å²) in [5, 5.41) is 7.16. The molecule has 1 aromatic heterocycles. The predicted molar refractivity (Wildman–Crippen MR) is 57.0 cm³/mol. The smallest absolute Gasteiger partial charge is 0.276 e. The molecule has 0 atom stereocenters. The van der Waals surface area contributed by atoms with Gasteiger partial charge in [0.05, 0.1) is 0 Å². The van der Waals surface area contributed by atoms with Crippen molar-refractivity contribution in [3.05, 3.63) is 17.0 Å². The first-order valence-corrected chi connectivity index (χ1v) is 5.72. The van der Waals surface area contributed by atoms with Crippen molar-refractivity contribution in [2.75, 3.05) is 13.6 Å². The highest BCUT2D eigenvalue weighted by Crippen LogP contribution is 2.28. The molecule has 0 aromatic carbocycles. The number of rotatable bonds is 2. The Kier molecular flexibility index (Phi) is 2.21. The third-order valence-corrected chi connectivity index (χ3v) is 3.32. The third kappa shape index (κ3) is 1.51. The van der Waals surface area contributed by atoms with Crippen LogP contribution in [0, 0.1) is 0 Å². The molecule has 1 saturated carbocycles. The molecule has 2 aliphatic rings. The molecule has 1 aliphatic heterocycles. The Hall–Kier alpha value is -1.36. The topological polar surface area (TPSA) is 58.4 Å². The van der Waals surface area contributed by atoms with Gasteiger partial charge >= 0.3 is 0 Å². The normalized spacial score (nSPS) is 19.3. The van der Waals surface area contributed by atoms with Crippen LogP contribution in [0.1, 0.15) is 34.7 Å². The van der Waals surface area contributed by atoms with E-state index in [4.69, 9.17) is 4.52 Å². The minimum absolute atomic E-state index is 0.00352. The molecule has 1 aromatic rings. The summed E-state index contributed by atoms with van der Waals surface area (Å²) in [5.74, 6) is 0.863. The third-order valence-electron chi connectivity index (χ3n) is 3.32. The highest BCUT2D eigenvalue weighted by molar-refractivity contribution is 5.94. The Bertz CT molecular complexity index is 423. The first kappa shape index (κ1) is 9.84. The molecule has 5 heteroatoms. The maximum absolute atomic E-state index is 12.1. The molecule has 16 heavy (non-hydrogen) atoms. The standard InChI is InChI=1S/C11H15N3O2/c1-14(7-2-3-7)11(15)10-8-6-12-5-4-9(8)16-13-10/h7,12H,2-6H2,1H3. The van der Waals surface area contributed by atoms with Crippen molar-refractivity contribution in [3.8, 4) is 0 Å². The van der Waals surface area contributed by atoms with E-state index in [0.717, 1.165) is 37.1 Å². The van der Waals surface area contributed by atoms with Crippen LogP contribution in [0.2, 0.25) is 0 Å². The largest absolute Gasteiger partial charge is 0.360 e. The summed E-state index contributed by atoms with van der Waals surface area (Å²) in [6.07, 6.45) is 3.05. The number of hydrogen-bond acceptors (Lipinski definition) is 4. The molecule has 86 valence electrons. The molecular weight excluding hydrogens is 206 g/mol. The Morgan fingerprint density at radius 2 is 2.38 bits per heavy atom.